The summed E-state index contributed by atoms with van der Waals surface area (Å²) in [4.78, 5) is 12.1. The van der Waals surface area contributed by atoms with Gasteiger partial charge >= 0.3 is 6.61 Å². The van der Waals surface area contributed by atoms with Gasteiger partial charge in [-0.1, -0.05) is 41.9 Å². The maximum atomic E-state index is 14.3. The minimum atomic E-state index is -3.10. The van der Waals surface area contributed by atoms with Gasteiger partial charge in [-0.15, -0.1) is 0 Å². The zero-order valence-electron chi connectivity index (χ0n) is 13.2. The Bertz CT molecular complexity index is 800. The van der Waals surface area contributed by atoms with Crippen molar-refractivity contribution in [2.45, 2.75) is 31.3 Å². The van der Waals surface area contributed by atoms with Crippen molar-refractivity contribution >= 4 is 40.1 Å². The average molecular weight is 413 g/mol. The summed E-state index contributed by atoms with van der Waals surface area (Å²) in [6, 6.07) is 2.34. The molecule has 0 aliphatic carbocycles. The van der Waals surface area contributed by atoms with E-state index >= 15 is 0 Å². The second-order valence-corrected chi connectivity index (χ2v) is 6.84. The molecule has 25 heavy (non-hydrogen) atoms. The molecule has 0 saturated heterocycles. The van der Waals surface area contributed by atoms with E-state index in [0.717, 1.165) is 22.5 Å². The summed E-state index contributed by atoms with van der Waals surface area (Å²) in [5, 5.41) is 3.60. The van der Waals surface area contributed by atoms with Crippen LogP contribution in [-0.2, 0) is 11.8 Å². The normalized spacial score (nSPS) is 11.2. The lowest BCUT2D eigenvalue weighted by molar-refractivity contribution is -0.111. The summed E-state index contributed by atoms with van der Waals surface area (Å²) in [5.41, 5.74) is -0.153. The number of rotatable bonds is 6. The summed E-state index contributed by atoms with van der Waals surface area (Å²) in [5.74, 6) is -1.14. The second-order valence-electron chi connectivity index (χ2n) is 4.96. The first kappa shape index (κ1) is 19.9. The molecule has 0 bridgehead atoms. The molecular weight excluding hydrogens is 400 g/mol. The lowest BCUT2D eigenvalue weighted by Crippen LogP contribution is -2.06. The highest BCUT2D eigenvalue weighted by atomic mass is 35.5. The fourth-order valence-corrected chi connectivity index (χ4v) is 3.49. The first-order chi connectivity index (χ1) is 11.7. The number of carbonyl (C=O) groups is 1. The van der Waals surface area contributed by atoms with Crippen LogP contribution in [0.4, 0.5) is 13.2 Å². The van der Waals surface area contributed by atoms with Crippen LogP contribution < -0.4 is 4.74 Å². The minimum absolute atomic E-state index is 0.0619. The van der Waals surface area contributed by atoms with Crippen LogP contribution in [0.25, 0.3) is 11.3 Å². The summed E-state index contributed by atoms with van der Waals surface area (Å²) < 4.78 is 44.5. The first-order valence-corrected chi connectivity index (χ1v) is 8.69. The van der Waals surface area contributed by atoms with Crippen LogP contribution in [-0.4, -0.2) is 21.5 Å². The van der Waals surface area contributed by atoms with Crippen molar-refractivity contribution in [1.82, 2.24) is 9.78 Å². The zero-order chi connectivity index (χ0) is 18.7. The number of aryl methyl sites for hydroxylation is 1. The molecule has 0 atom stereocenters. The molecule has 0 spiro atoms. The Morgan fingerprint density at radius 2 is 2.08 bits per heavy atom. The SMILES string of the molecule is CCCC(=O)Sc1cc(-c2nn(C)c(OC(F)F)c2Cl)c(F)cc1Cl. The third-order valence-corrected chi connectivity index (χ3v) is 4.85. The molecule has 1 aromatic carbocycles. The summed E-state index contributed by atoms with van der Waals surface area (Å²) in [6.45, 7) is -1.25. The fourth-order valence-electron chi connectivity index (χ4n) is 2.03. The highest BCUT2D eigenvalue weighted by Crippen LogP contribution is 2.40. The Morgan fingerprint density at radius 3 is 2.68 bits per heavy atom. The van der Waals surface area contributed by atoms with Crippen molar-refractivity contribution in [3.63, 3.8) is 0 Å². The van der Waals surface area contributed by atoms with Crippen LogP contribution in [0.15, 0.2) is 17.0 Å². The number of hydrogen-bond acceptors (Lipinski definition) is 4. The molecule has 1 heterocycles. The summed E-state index contributed by atoms with van der Waals surface area (Å²) in [7, 11) is 1.33. The lowest BCUT2D eigenvalue weighted by Gasteiger charge is -2.07. The van der Waals surface area contributed by atoms with Gasteiger partial charge in [0.15, 0.2) is 5.12 Å². The molecule has 0 aliphatic rings. The second kappa shape index (κ2) is 8.33. The Morgan fingerprint density at radius 1 is 1.40 bits per heavy atom. The number of aromatic nitrogens is 2. The predicted octanol–water partition coefficient (Wildman–Crippen LogP) is 5.55. The largest absolute Gasteiger partial charge is 0.416 e. The molecule has 2 aromatic rings. The van der Waals surface area contributed by atoms with Gasteiger partial charge in [0.2, 0.25) is 5.88 Å². The van der Waals surface area contributed by atoms with E-state index in [-0.39, 0.29) is 26.4 Å². The smallest absolute Gasteiger partial charge is 0.388 e. The zero-order valence-corrected chi connectivity index (χ0v) is 15.5. The highest BCUT2D eigenvalue weighted by Gasteiger charge is 2.23. The number of carbonyl (C=O) groups excluding carboxylic acids is 1. The van der Waals surface area contributed by atoms with Crippen LogP contribution in [0.3, 0.4) is 0 Å². The molecule has 2 rings (SSSR count). The van der Waals surface area contributed by atoms with Gasteiger partial charge in [0.1, 0.15) is 16.5 Å². The number of ether oxygens (including phenoxy) is 1. The van der Waals surface area contributed by atoms with Gasteiger partial charge in [-0.2, -0.15) is 13.9 Å². The Labute approximate surface area is 156 Å². The molecule has 0 radical (unpaired) electrons. The van der Waals surface area contributed by atoms with E-state index in [0.29, 0.717) is 17.7 Å². The fraction of sp³-hybridized carbons (Fsp3) is 0.333. The van der Waals surface area contributed by atoms with Gasteiger partial charge in [0.05, 0.1) is 5.02 Å². The maximum absolute atomic E-state index is 14.3. The van der Waals surface area contributed by atoms with E-state index in [2.05, 4.69) is 9.84 Å². The maximum Gasteiger partial charge on any atom is 0.388 e. The van der Waals surface area contributed by atoms with Gasteiger partial charge in [-0.25, -0.2) is 9.07 Å². The van der Waals surface area contributed by atoms with E-state index in [1.165, 1.54) is 13.1 Å². The molecule has 10 heteroatoms. The van der Waals surface area contributed by atoms with Gasteiger partial charge in [-0.3, -0.25) is 4.79 Å². The van der Waals surface area contributed by atoms with Crippen molar-refractivity contribution in [2.24, 2.45) is 7.05 Å². The lowest BCUT2D eigenvalue weighted by atomic mass is 10.1. The number of alkyl halides is 2. The molecule has 0 saturated carbocycles. The van der Waals surface area contributed by atoms with Crippen molar-refractivity contribution in [3.05, 3.63) is 28.0 Å². The van der Waals surface area contributed by atoms with E-state index in [4.69, 9.17) is 23.2 Å². The van der Waals surface area contributed by atoms with E-state index < -0.39 is 18.3 Å². The summed E-state index contributed by atoms with van der Waals surface area (Å²) >= 11 is 12.9. The van der Waals surface area contributed by atoms with Gasteiger partial charge in [0.25, 0.3) is 0 Å². The minimum Gasteiger partial charge on any atom is -0.416 e. The van der Waals surface area contributed by atoms with E-state index in [1.54, 1.807) is 0 Å². The molecule has 1 aromatic heterocycles. The molecule has 0 amide bonds. The number of benzene rings is 1. The highest BCUT2D eigenvalue weighted by molar-refractivity contribution is 8.13. The summed E-state index contributed by atoms with van der Waals surface area (Å²) in [6.07, 6.45) is 1.00. The van der Waals surface area contributed by atoms with Crippen LogP contribution in [0, 0.1) is 5.82 Å². The van der Waals surface area contributed by atoms with Crippen molar-refractivity contribution in [2.75, 3.05) is 0 Å². The van der Waals surface area contributed by atoms with Crippen molar-refractivity contribution < 1.29 is 22.7 Å². The monoisotopic (exact) mass is 412 g/mol. The number of halogens is 5. The molecule has 0 unspecified atom stereocenters. The topological polar surface area (TPSA) is 44.1 Å². The number of hydrogen-bond donors (Lipinski definition) is 0. The molecule has 4 nitrogen and oxygen atoms in total. The Hall–Kier alpha value is -1.38. The standard InChI is InChI=1S/C15H13Cl2F3N2O2S/c1-3-4-11(23)25-10-5-7(9(18)6-8(10)16)13-12(17)14(22(2)21-13)24-15(19)20/h5-6,15H,3-4H2,1-2H3. The molecule has 0 N–H and O–H groups in total. The van der Waals surface area contributed by atoms with Crippen LogP contribution in [0.5, 0.6) is 5.88 Å². The molecule has 136 valence electrons. The molecule has 0 fully saturated rings. The third kappa shape index (κ3) is 4.62. The quantitative estimate of drug-likeness (QED) is 0.583. The average Bonchev–Trinajstić information content (AvgIpc) is 2.78. The van der Waals surface area contributed by atoms with Crippen LogP contribution in [0.1, 0.15) is 19.8 Å². The van der Waals surface area contributed by atoms with Gasteiger partial charge in [0, 0.05) is 23.9 Å². The van der Waals surface area contributed by atoms with Gasteiger partial charge < -0.3 is 4.74 Å². The number of thioether (sulfide) groups is 1. The first-order valence-electron chi connectivity index (χ1n) is 7.12. The Kier molecular flexibility index (Phi) is 6.65. The van der Waals surface area contributed by atoms with Crippen molar-refractivity contribution in [3.8, 4) is 17.1 Å². The predicted molar refractivity (Wildman–Crippen MR) is 91.0 cm³/mol. The van der Waals surface area contributed by atoms with E-state index in [9.17, 15) is 18.0 Å². The molecule has 0 aliphatic heterocycles. The van der Waals surface area contributed by atoms with Gasteiger partial charge in [-0.05, 0) is 18.6 Å². The Balaban J connectivity index is 2.47. The van der Waals surface area contributed by atoms with Crippen LogP contribution >= 0.6 is 35.0 Å². The number of nitrogens with zero attached hydrogens (tertiary/aromatic N) is 2. The van der Waals surface area contributed by atoms with E-state index in [1.807, 2.05) is 6.92 Å². The van der Waals surface area contributed by atoms with Crippen molar-refractivity contribution in [1.29, 1.82) is 0 Å². The van der Waals surface area contributed by atoms with Crippen LogP contribution in [0.2, 0.25) is 10.0 Å². The third-order valence-electron chi connectivity index (χ3n) is 3.09. The molecular formula is C15H13Cl2F3N2O2S.